The number of rotatable bonds is 76. The maximum atomic E-state index is 12.5. The van der Waals surface area contributed by atoms with Crippen molar-refractivity contribution >= 4 is 11.9 Å². The Bertz CT molecular complexity index is 1300. The average molecular weight is 1210 g/mol. The molecule has 1 amide bonds. The Morgan fingerprint density at radius 3 is 0.826 bits per heavy atom. The molecule has 0 aliphatic carbocycles. The van der Waals surface area contributed by atoms with Gasteiger partial charge in [-0.25, -0.2) is 0 Å². The van der Waals surface area contributed by atoms with Gasteiger partial charge in [0.25, 0.3) is 0 Å². The molecule has 0 aliphatic heterocycles. The van der Waals surface area contributed by atoms with Gasteiger partial charge < -0.3 is 20.3 Å². The Morgan fingerprint density at radius 2 is 0.547 bits per heavy atom. The van der Waals surface area contributed by atoms with Crippen LogP contribution in [0.4, 0.5) is 0 Å². The molecule has 512 valence electrons. The van der Waals surface area contributed by atoms with E-state index >= 15 is 0 Å². The Morgan fingerprint density at radius 1 is 0.314 bits per heavy atom. The second-order valence-corrected chi connectivity index (χ2v) is 27.8. The van der Waals surface area contributed by atoms with Gasteiger partial charge in [0.15, 0.2) is 0 Å². The quantitative estimate of drug-likeness (QED) is 0.0320. The van der Waals surface area contributed by atoms with Crippen molar-refractivity contribution in [3.8, 4) is 0 Å². The van der Waals surface area contributed by atoms with E-state index in [1.165, 1.54) is 392 Å². The van der Waals surface area contributed by atoms with Gasteiger partial charge in [-0.15, -0.1) is 0 Å². The number of hydrogen-bond acceptors (Lipinski definition) is 5. The largest absolute Gasteiger partial charge is 0.466 e. The van der Waals surface area contributed by atoms with Crippen molar-refractivity contribution in [2.24, 2.45) is 0 Å². The Labute approximate surface area is 539 Å². The van der Waals surface area contributed by atoms with Gasteiger partial charge in [-0.2, -0.15) is 0 Å². The molecule has 86 heavy (non-hydrogen) atoms. The number of amides is 1. The highest BCUT2D eigenvalue weighted by Gasteiger charge is 2.20. The summed E-state index contributed by atoms with van der Waals surface area (Å²) in [5.74, 6) is -0.00231. The van der Waals surface area contributed by atoms with Gasteiger partial charge in [0.2, 0.25) is 5.91 Å². The van der Waals surface area contributed by atoms with Crippen LogP contribution >= 0.6 is 0 Å². The second kappa shape index (κ2) is 76.1. The van der Waals surface area contributed by atoms with Crippen LogP contribution in [0.5, 0.6) is 0 Å². The molecule has 6 heteroatoms. The molecule has 0 saturated carbocycles. The minimum absolute atomic E-state index is 0.0247. The highest BCUT2D eigenvalue weighted by Crippen LogP contribution is 2.20. The predicted molar refractivity (Wildman–Crippen MR) is 380 cm³/mol. The van der Waals surface area contributed by atoms with Crippen LogP contribution in [0, 0.1) is 0 Å². The van der Waals surface area contributed by atoms with Crippen LogP contribution in [-0.4, -0.2) is 47.4 Å². The Hall–Kier alpha value is -1.40. The zero-order valence-corrected chi connectivity index (χ0v) is 58.8. The number of hydrogen-bond donors (Lipinski definition) is 3. The first-order valence-electron chi connectivity index (χ1n) is 39.9. The summed E-state index contributed by atoms with van der Waals surface area (Å²) in [5.41, 5.74) is 0. The fourth-order valence-corrected chi connectivity index (χ4v) is 13.0. The van der Waals surface area contributed by atoms with E-state index < -0.39 is 12.1 Å². The van der Waals surface area contributed by atoms with E-state index in [1.54, 1.807) is 0 Å². The molecule has 6 nitrogen and oxygen atoms in total. The Kier molecular flexibility index (Phi) is 74.8. The number of carbonyl (C=O) groups excluding carboxylic acids is 2. The van der Waals surface area contributed by atoms with Gasteiger partial charge in [-0.3, -0.25) is 9.59 Å². The van der Waals surface area contributed by atoms with Crippen molar-refractivity contribution in [3.05, 3.63) is 12.2 Å². The minimum Gasteiger partial charge on any atom is -0.466 e. The molecule has 0 aromatic carbocycles. The van der Waals surface area contributed by atoms with Crippen molar-refractivity contribution in [2.75, 3.05) is 13.2 Å². The summed E-state index contributed by atoms with van der Waals surface area (Å²) in [7, 11) is 0. The molecular weight excluding hydrogens is 1050 g/mol. The van der Waals surface area contributed by atoms with E-state index in [4.69, 9.17) is 4.74 Å². The SMILES string of the molecule is CCCCCCCC/C=C\CCCCCCCCCCCC(=O)OCCCCCCCCCCCCCCCCCCCCCCCCCCCCCCCCCCCCCCCCCC(=O)NC(CO)C(O)CCCCCCCCCCCCC. The maximum Gasteiger partial charge on any atom is 0.305 e. The van der Waals surface area contributed by atoms with E-state index in [-0.39, 0.29) is 18.5 Å². The smallest absolute Gasteiger partial charge is 0.305 e. The van der Waals surface area contributed by atoms with Crippen LogP contribution in [0.1, 0.15) is 463 Å². The summed E-state index contributed by atoms with van der Waals surface area (Å²) in [5, 5.41) is 23.3. The third kappa shape index (κ3) is 71.7. The zero-order chi connectivity index (χ0) is 62.0. The van der Waals surface area contributed by atoms with Crippen molar-refractivity contribution in [3.63, 3.8) is 0 Å². The second-order valence-electron chi connectivity index (χ2n) is 27.8. The summed E-state index contributed by atoms with van der Waals surface area (Å²) in [4.78, 5) is 24.6. The monoisotopic (exact) mass is 1210 g/mol. The van der Waals surface area contributed by atoms with Gasteiger partial charge in [-0.05, 0) is 51.4 Å². The molecule has 3 N–H and O–H groups in total. The van der Waals surface area contributed by atoms with Gasteiger partial charge in [0.05, 0.1) is 25.4 Å². The molecule has 2 atom stereocenters. The molecule has 0 spiro atoms. The number of esters is 1. The first kappa shape index (κ1) is 84.6. The van der Waals surface area contributed by atoms with Gasteiger partial charge in [0.1, 0.15) is 0 Å². The molecule has 0 fully saturated rings. The molecule has 0 aromatic heterocycles. The number of ether oxygens (including phenoxy) is 1. The first-order chi connectivity index (χ1) is 42.5. The van der Waals surface area contributed by atoms with E-state index in [2.05, 4.69) is 31.3 Å². The fourth-order valence-electron chi connectivity index (χ4n) is 13.0. The van der Waals surface area contributed by atoms with Crippen LogP contribution < -0.4 is 5.32 Å². The number of unbranched alkanes of at least 4 members (excludes halogenated alkanes) is 63. The molecule has 0 heterocycles. The van der Waals surface area contributed by atoms with E-state index in [0.717, 1.165) is 38.5 Å². The molecule has 2 unspecified atom stereocenters. The lowest BCUT2D eigenvalue weighted by Gasteiger charge is -2.22. The van der Waals surface area contributed by atoms with Gasteiger partial charge in [-0.1, -0.05) is 411 Å². The normalized spacial score (nSPS) is 12.5. The Balaban J connectivity index is 3.25. The van der Waals surface area contributed by atoms with E-state index in [9.17, 15) is 19.8 Å². The van der Waals surface area contributed by atoms with Crippen molar-refractivity contribution in [1.29, 1.82) is 0 Å². The molecule has 0 radical (unpaired) electrons. The summed E-state index contributed by atoms with van der Waals surface area (Å²) < 4.78 is 5.52. The molecular formula is C80H157NO5. The number of nitrogens with one attached hydrogen (secondary N) is 1. The molecule has 0 saturated heterocycles. The number of aliphatic hydroxyl groups is 2. The topological polar surface area (TPSA) is 95.9 Å². The third-order valence-corrected chi connectivity index (χ3v) is 19.1. The highest BCUT2D eigenvalue weighted by atomic mass is 16.5. The minimum atomic E-state index is -0.658. The lowest BCUT2D eigenvalue weighted by atomic mass is 10.0. The summed E-state index contributed by atoms with van der Waals surface area (Å²) in [6, 6.07) is -0.534. The summed E-state index contributed by atoms with van der Waals surface area (Å²) >= 11 is 0. The zero-order valence-electron chi connectivity index (χ0n) is 58.8. The van der Waals surface area contributed by atoms with Crippen LogP contribution in [0.2, 0.25) is 0 Å². The summed E-state index contributed by atoms with van der Waals surface area (Å²) in [6.45, 7) is 4.99. The van der Waals surface area contributed by atoms with Crippen LogP contribution in [0.3, 0.4) is 0 Å². The lowest BCUT2D eigenvalue weighted by molar-refractivity contribution is -0.143. The first-order valence-corrected chi connectivity index (χ1v) is 39.9. The molecule has 0 aromatic rings. The van der Waals surface area contributed by atoms with E-state index in [0.29, 0.717) is 25.9 Å². The van der Waals surface area contributed by atoms with Crippen LogP contribution in [0.25, 0.3) is 0 Å². The molecule has 0 bridgehead atoms. The molecule has 0 rings (SSSR count). The molecule has 0 aliphatic rings. The summed E-state index contributed by atoms with van der Waals surface area (Å²) in [6.07, 6.45) is 96.2. The number of carbonyl (C=O) groups is 2. The van der Waals surface area contributed by atoms with Crippen molar-refractivity contribution < 1.29 is 24.5 Å². The van der Waals surface area contributed by atoms with E-state index in [1.807, 2.05) is 0 Å². The predicted octanol–water partition coefficient (Wildman–Crippen LogP) is 26.3. The third-order valence-electron chi connectivity index (χ3n) is 19.1. The lowest BCUT2D eigenvalue weighted by Crippen LogP contribution is -2.45. The van der Waals surface area contributed by atoms with Gasteiger partial charge in [0, 0.05) is 12.8 Å². The average Bonchev–Trinajstić information content (AvgIpc) is 3.58. The van der Waals surface area contributed by atoms with Crippen LogP contribution in [-0.2, 0) is 14.3 Å². The number of aliphatic hydroxyl groups excluding tert-OH is 2. The standard InChI is InChI=1S/C80H157NO5/c1-3-5-7-9-11-13-15-16-17-18-40-44-47-50-54-58-62-66-70-74-80(85)86-75-71-67-63-59-55-51-48-45-42-39-37-35-33-31-29-27-25-23-21-19-20-22-24-26-28-30-32-34-36-38-41-43-46-49-53-57-61-65-69-73-79(84)81-77(76-82)78(83)72-68-64-60-56-52-14-12-10-8-6-4-2/h16-17,77-78,82-83H,3-15,18-76H2,1-2H3,(H,81,84)/b17-16-. The fraction of sp³-hybridized carbons (Fsp3) is 0.950. The number of allylic oxidation sites excluding steroid dienone is 2. The maximum absolute atomic E-state index is 12.5. The van der Waals surface area contributed by atoms with Crippen LogP contribution in [0.15, 0.2) is 12.2 Å². The highest BCUT2D eigenvalue weighted by molar-refractivity contribution is 5.76. The van der Waals surface area contributed by atoms with Crippen molar-refractivity contribution in [1.82, 2.24) is 5.32 Å². The van der Waals surface area contributed by atoms with Crippen molar-refractivity contribution in [2.45, 2.75) is 475 Å². The van der Waals surface area contributed by atoms with Gasteiger partial charge >= 0.3 is 5.97 Å².